The molecule has 5 nitrogen and oxygen atoms in total. The molecule has 1 aliphatic carbocycles. The van der Waals surface area contributed by atoms with Gasteiger partial charge < -0.3 is 15.3 Å². The summed E-state index contributed by atoms with van der Waals surface area (Å²) in [5.41, 5.74) is 1.73. The highest BCUT2D eigenvalue weighted by Gasteiger charge is 2.30. The molecule has 2 aliphatic rings. The summed E-state index contributed by atoms with van der Waals surface area (Å²) in [7, 11) is 0. The minimum atomic E-state index is -0.359. The number of aliphatic hydroxyl groups is 1. The van der Waals surface area contributed by atoms with E-state index in [1.807, 2.05) is 29.2 Å². The Morgan fingerprint density at radius 2 is 1.96 bits per heavy atom. The largest absolute Gasteiger partial charge is 0.393 e. The van der Waals surface area contributed by atoms with Gasteiger partial charge >= 0.3 is 0 Å². The Hall–Kier alpha value is -1.88. The molecule has 3 rings (SSSR count). The van der Waals surface area contributed by atoms with Crippen LogP contribution in [-0.4, -0.2) is 41.0 Å². The molecule has 0 spiro atoms. The van der Waals surface area contributed by atoms with E-state index in [-0.39, 0.29) is 29.8 Å². The number of anilines is 1. The average molecular weight is 316 g/mol. The van der Waals surface area contributed by atoms with Gasteiger partial charge in [-0.25, -0.2) is 0 Å². The molecule has 1 aromatic rings. The highest BCUT2D eigenvalue weighted by atomic mass is 16.3. The zero-order chi connectivity index (χ0) is 16.4. The zero-order valence-corrected chi connectivity index (χ0v) is 13.5. The molecule has 2 N–H and O–H groups in total. The Balaban J connectivity index is 1.51. The zero-order valence-electron chi connectivity index (χ0n) is 13.5. The van der Waals surface area contributed by atoms with Crippen molar-refractivity contribution in [1.82, 2.24) is 4.90 Å². The van der Waals surface area contributed by atoms with Gasteiger partial charge in [-0.05, 0) is 43.9 Å². The monoisotopic (exact) mass is 316 g/mol. The van der Waals surface area contributed by atoms with Crippen LogP contribution >= 0.6 is 0 Å². The van der Waals surface area contributed by atoms with Gasteiger partial charge in [-0.3, -0.25) is 9.59 Å². The predicted octanol–water partition coefficient (Wildman–Crippen LogP) is 1.81. The van der Waals surface area contributed by atoms with E-state index in [0.717, 1.165) is 37.1 Å². The number of benzene rings is 1. The van der Waals surface area contributed by atoms with E-state index in [1.54, 1.807) is 6.92 Å². The van der Waals surface area contributed by atoms with Crippen LogP contribution in [0.25, 0.3) is 0 Å². The molecule has 2 unspecified atom stereocenters. The lowest BCUT2D eigenvalue weighted by Crippen LogP contribution is -2.31. The van der Waals surface area contributed by atoms with Gasteiger partial charge in [-0.1, -0.05) is 12.1 Å². The van der Waals surface area contributed by atoms with Crippen LogP contribution in [0.15, 0.2) is 24.3 Å². The normalized spacial score (nSPS) is 22.0. The highest BCUT2D eigenvalue weighted by molar-refractivity contribution is 5.94. The molecule has 5 heteroatoms. The molecular weight excluding hydrogens is 292 g/mol. The molecule has 1 saturated carbocycles. The van der Waals surface area contributed by atoms with E-state index >= 15 is 0 Å². The molecule has 124 valence electrons. The summed E-state index contributed by atoms with van der Waals surface area (Å²) in [6.07, 6.45) is 2.85. The Kier molecular flexibility index (Phi) is 4.66. The molecule has 0 aromatic heterocycles. The number of rotatable bonds is 5. The number of carbonyl (C=O) groups excluding carboxylic acids is 2. The number of hydrogen-bond donors (Lipinski definition) is 2. The van der Waals surface area contributed by atoms with Crippen molar-refractivity contribution >= 4 is 17.5 Å². The van der Waals surface area contributed by atoms with Crippen LogP contribution in [0.5, 0.6) is 0 Å². The summed E-state index contributed by atoms with van der Waals surface area (Å²) >= 11 is 0. The lowest BCUT2D eigenvalue weighted by atomic mass is 10.0. The average Bonchev–Trinajstić information content (AvgIpc) is 3.25. The maximum atomic E-state index is 12.3. The minimum absolute atomic E-state index is 0.0926. The molecule has 2 atom stereocenters. The highest BCUT2D eigenvalue weighted by Crippen LogP contribution is 2.30. The summed E-state index contributed by atoms with van der Waals surface area (Å²) < 4.78 is 0. The summed E-state index contributed by atoms with van der Waals surface area (Å²) in [6.45, 7) is 3.16. The van der Waals surface area contributed by atoms with Gasteiger partial charge in [-0.2, -0.15) is 0 Å². The van der Waals surface area contributed by atoms with E-state index in [4.69, 9.17) is 0 Å². The number of hydrogen-bond acceptors (Lipinski definition) is 3. The van der Waals surface area contributed by atoms with E-state index in [0.29, 0.717) is 13.0 Å². The first-order valence-corrected chi connectivity index (χ1v) is 8.38. The van der Waals surface area contributed by atoms with E-state index in [2.05, 4.69) is 5.32 Å². The fourth-order valence-corrected chi connectivity index (χ4v) is 2.99. The van der Waals surface area contributed by atoms with Gasteiger partial charge in [0.15, 0.2) is 0 Å². The molecule has 0 bridgehead atoms. The summed E-state index contributed by atoms with van der Waals surface area (Å²) in [6, 6.07) is 7.49. The fourth-order valence-electron chi connectivity index (χ4n) is 2.99. The van der Waals surface area contributed by atoms with Crippen LogP contribution < -0.4 is 5.32 Å². The first kappa shape index (κ1) is 16.0. The van der Waals surface area contributed by atoms with Gasteiger partial charge in [0.25, 0.3) is 0 Å². The molecule has 0 radical (unpaired) electrons. The third-order valence-corrected chi connectivity index (χ3v) is 4.78. The third kappa shape index (κ3) is 4.10. The number of likely N-dealkylation sites (tertiary alicyclic amines) is 1. The molecule has 23 heavy (non-hydrogen) atoms. The maximum absolute atomic E-state index is 12.3. The van der Waals surface area contributed by atoms with Gasteiger partial charge in [0.2, 0.25) is 11.8 Å². The van der Waals surface area contributed by atoms with Gasteiger partial charge in [0, 0.05) is 30.6 Å². The fraction of sp³-hybridized carbons (Fsp3) is 0.556. The molecular formula is C18H24N2O3. The molecule has 1 aliphatic heterocycles. The van der Waals surface area contributed by atoms with Crippen LogP contribution in [0, 0.1) is 11.8 Å². The van der Waals surface area contributed by atoms with Crippen molar-refractivity contribution in [3.8, 4) is 0 Å². The number of amides is 2. The Bertz CT molecular complexity index is 578. The van der Waals surface area contributed by atoms with E-state index in [1.165, 1.54) is 0 Å². The SMILES string of the molecule is CC(O)C1CCN(C(=O)Cc2ccc(NC(=O)C3CC3)cc2)C1. The number of aliphatic hydroxyl groups excluding tert-OH is 1. The van der Waals surface area contributed by atoms with Crippen molar-refractivity contribution in [1.29, 1.82) is 0 Å². The van der Waals surface area contributed by atoms with Gasteiger partial charge in [-0.15, -0.1) is 0 Å². The molecule has 1 saturated heterocycles. The van der Waals surface area contributed by atoms with Crippen molar-refractivity contribution in [2.24, 2.45) is 11.8 Å². The lowest BCUT2D eigenvalue weighted by molar-refractivity contribution is -0.129. The molecule has 1 heterocycles. The number of carbonyl (C=O) groups is 2. The number of nitrogens with one attached hydrogen (secondary N) is 1. The van der Waals surface area contributed by atoms with Crippen LogP contribution in [0.3, 0.4) is 0 Å². The molecule has 2 amide bonds. The van der Waals surface area contributed by atoms with Crippen molar-refractivity contribution in [2.45, 2.75) is 38.7 Å². The van der Waals surface area contributed by atoms with Crippen molar-refractivity contribution in [3.63, 3.8) is 0 Å². The Morgan fingerprint density at radius 3 is 2.52 bits per heavy atom. The second-order valence-electron chi connectivity index (χ2n) is 6.77. The topological polar surface area (TPSA) is 69.6 Å². The minimum Gasteiger partial charge on any atom is -0.393 e. The van der Waals surface area contributed by atoms with Crippen LogP contribution in [0.1, 0.15) is 31.7 Å². The quantitative estimate of drug-likeness (QED) is 0.870. The van der Waals surface area contributed by atoms with Crippen LogP contribution in [0.2, 0.25) is 0 Å². The number of nitrogens with zero attached hydrogens (tertiary/aromatic N) is 1. The Labute approximate surface area is 136 Å². The van der Waals surface area contributed by atoms with Gasteiger partial charge in [0.1, 0.15) is 0 Å². The smallest absolute Gasteiger partial charge is 0.227 e. The summed E-state index contributed by atoms with van der Waals surface area (Å²) in [5.74, 6) is 0.574. The summed E-state index contributed by atoms with van der Waals surface area (Å²) in [4.78, 5) is 25.9. The molecule has 2 fully saturated rings. The third-order valence-electron chi connectivity index (χ3n) is 4.78. The lowest BCUT2D eigenvalue weighted by Gasteiger charge is -2.18. The summed E-state index contributed by atoms with van der Waals surface area (Å²) in [5, 5.41) is 12.5. The predicted molar refractivity (Wildman–Crippen MR) is 87.9 cm³/mol. The maximum Gasteiger partial charge on any atom is 0.227 e. The van der Waals surface area contributed by atoms with Crippen LogP contribution in [-0.2, 0) is 16.0 Å². The van der Waals surface area contributed by atoms with E-state index < -0.39 is 0 Å². The second-order valence-corrected chi connectivity index (χ2v) is 6.77. The van der Waals surface area contributed by atoms with Crippen LogP contribution in [0.4, 0.5) is 5.69 Å². The van der Waals surface area contributed by atoms with Crippen molar-refractivity contribution < 1.29 is 14.7 Å². The van der Waals surface area contributed by atoms with Crippen molar-refractivity contribution in [3.05, 3.63) is 29.8 Å². The first-order valence-electron chi connectivity index (χ1n) is 8.38. The molecule has 1 aromatic carbocycles. The first-order chi connectivity index (χ1) is 11.0. The Morgan fingerprint density at radius 1 is 1.26 bits per heavy atom. The standard InChI is InChI=1S/C18H24N2O3/c1-12(21)15-8-9-20(11-15)17(22)10-13-2-6-16(7-3-13)19-18(23)14-4-5-14/h2-3,6-7,12,14-15,21H,4-5,8-11H2,1H3,(H,19,23). The van der Waals surface area contributed by atoms with Crippen molar-refractivity contribution in [2.75, 3.05) is 18.4 Å². The second kappa shape index (κ2) is 6.71. The van der Waals surface area contributed by atoms with Gasteiger partial charge in [0.05, 0.1) is 12.5 Å². The van der Waals surface area contributed by atoms with E-state index in [9.17, 15) is 14.7 Å².